The van der Waals surface area contributed by atoms with Crippen molar-refractivity contribution in [2.75, 3.05) is 33.3 Å². The molecule has 6 heteroatoms. The summed E-state index contributed by atoms with van der Waals surface area (Å²) in [7, 11) is 1.75. The number of ether oxygens (including phenoxy) is 1. The van der Waals surface area contributed by atoms with E-state index >= 15 is 0 Å². The van der Waals surface area contributed by atoms with E-state index in [4.69, 9.17) is 4.74 Å². The molecule has 5 nitrogen and oxygen atoms in total. The Morgan fingerprint density at radius 2 is 1.94 bits per heavy atom. The molecule has 1 aliphatic rings. The number of nitrogens with zero attached hydrogens (tertiary/aromatic N) is 2. The van der Waals surface area contributed by atoms with Crippen molar-refractivity contribution in [3.05, 3.63) is 62.8 Å². The minimum Gasteiger partial charge on any atom is -0.492 e. The lowest BCUT2D eigenvalue weighted by atomic mass is 9.71. The zero-order valence-electron chi connectivity index (χ0n) is 19.4. The van der Waals surface area contributed by atoms with Crippen LogP contribution in [-0.2, 0) is 5.41 Å². The summed E-state index contributed by atoms with van der Waals surface area (Å²) in [6, 6.07) is 9.93. The molecule has 32 heavy (non-hydrogen) atoms. The number of nitrogens with one attached hydrogen (secondary N) is 1. The van der Waals surface area contributed by atoms with Gasteiger partial charge in [-0.05, 0) is 49.0 Å². The number of halogens is 1. The van der Waals surface area contributed by atoms with Gasteiger partial charge in [0.05, 0.1) is 5.56 Å². The van der Waals surface area contributed by atoms with Gasteiger partial charge >= 0.3 is 0 Å². The maximum Gasteiger partial charge on any atom is 0.195 e. The Hall–Kier alpha value is -2.44. The number of benzene rings is 2. The van der Waals surface area contributed by atoms with Gasteiger partial charge in [-0.2, -0.15) is 0 Å². The van der Waals surface area contributed by atoms with Gasteiger partial charge in [0.1, 0.15) is 12.4 Å². The number of aromatic nitrogens is 1. The molecule has 0 fully saturated rings. The number of hydrogen-bond acceptors (Lipinski definition) is 4. The first-order chi connectivity index (χ1) is 15.3. The average Bonchev–Trinajstić information content (AvgIpc) is 3.15. The van der Waals surface area contributed by atoms with Crippen LogP contribution in [0.1, 0.15) is 60.4 Å². The molecule has 1 N–H and O–H groups in total. The van der Waals surface area contributed by atoms with E-state index in [0.717, 1.165) is 68.7 Å². The summed E-state index contributed by atoms with van der Waals surface area (Å²) in [6.07, 6.45) is 1.81. The number of ketones is 1. The number of hydrogen-bond donors (Lipinski definition) is 1. The van der Waals surface area contributed by atoms with Crippen LogP contribution in [0.5, 0.6) is 5.75 Å². The molecule has 0 amide bonds. The Morgan fingerprint density at radius 3 is 2.62 bits per heavy atom. The normalized spacial score (nSPS) is 14.9. The van der Waals surface area contributed by atoms with Crippen LogP contribution in [0.4, 0.5) is 0 Å². The van der Waals surface area contributed by atoms with Crippen LogP contribution in [0.25, 0.3) is 10.9 Å². The van der Waals surface area contributed by atoms with E-state index in [9.17, 15) is 4.79 Å². The first-order valence-corrected chi connectivity index (χ1v) is 11.9. The highest BCUT2D eigenvalue weighted by molar-refractivity contribution is 9.10. The second-order valence-corrected chi connectivity index (χ2v) is 9.57. The second-order valence-electron chi connectivity index (χ2n) is 8.72. The molecular formula is C26H30BrN3O2. The van der Waals surface area contributed by atoms with Gasteiger partial charge in [-0.25, -0.2) is 0 Å². The van der Waals surface area contributed by atoms with Gasteiger partial charge in [0.25, 0.3) is 0 Å². The third kappa shape index (κ3) is 3.80. The van der Waals surface area contributed by atoms with Crippen molar-refractivity contribution >= 4 is 38.8 Å². The van der Waals surface area contributed by atoms with Gasteiger partial charge in [0.2, 0.25) is 0 Å². The summed E-state index contributed by atoms with van der Waals surface area (Å²) >= 11 is 3.63. The number of carbonyl (C=O) groups excluding carboxylic acids is 1. The van der Waals surface area contributed by atoms with Crippen molar-refractivity contribution in [3.8, 4) is 5.75 Å². The van der Waals surface area contributed by atoms with Gasteiger partial charge in [-0.15, -0.1) is 0 Å². The van der Waals surface area contributed by atoms with Gasteiger partial charge < -0.3 is 14.6 Å². The fourth-order valence-corrected chi connectivity index (χ4v) is 5.05. The molecule has 4 rings (SSSR count). The van der Waals surface area contributed by atoms with E-state index in [-0.39, 0.29) is 11.2 Å². The number of likely N-dealkylation sites (N-methyl/N-ethyl adjacent to an activating group) is 1. The lowest BCUT2D eigenvalue weighted by Gasteiger charge is -2.32. The largest absolute Gasteiger partial charge is 0.492 e. The summed E-state index contributed by atoms with van der Waals surface area (Å²) in [6.45, 7) is 12.2. The van der Waals surface area contributed by atoms with Crippen molar-refractivity contribution < 1.29 is 9.53 Å². The summed E-state index contributed by atoms with van der Waals surface area (Å²) in [5.74, 6) is 0.861. The maximum absolute atomic E-state index is 13.6. The Labute approximate surface area is 198 Å². The number of H-pyrrole nitrogens is 1. The van der Waals surface area contributed by atoms with Crippen LogP contribution in [0.15, 0.2) is 39.8 Å². The van der Waals surface area contributed by atoms with E-state index in [2.05, 4.69) is 58.5 Å². The molecule has 0 unspecified atom stereocenters. The highest BCUT2D eigenvalue weighted by Crippen LogP contribution is 2.45. The molecule has 0 saturated heterocycles. The SMILES string of the molecule is CCN(CC)CCOc1ccc2c(c1)C(C)(C)c1[nH]c3cc(C=NC)c(Br)cc3c1C2=O. The number of rotatable bonds is 7. The van der Waals surface area contributed by atoms with Crippen molar-refractivity contribution in [2.24, 2.45) is 4.99 Å². The summed E-state index contributed by atoms with van der Waals surface area (Å²) in [5, 5.41) is 0.934. The highest BCUT2D eigenvalue weighted by Gasteiger charge is 2.40. The molecule has 168 valence electrons. The Kier molecular flexibility index (Phi) is 6.28. The monoisotopic (exact) mass is 495 g/mol. The Bertz CT molecular complexity index is 1210. The van der Waals surface area contributed by atoms with Gasteiger partial charge in [-0.1, -0.05) is 43.6 Å². The lowest BCUT2D eigenvalue weighted by Crippen LogP contribution is -2.30. The van der Waals surface area contributed by atoms with Crippen molar-refractivity contribution in [1.82, 2.24) is 9.88 Å². The van der Waals surface area contributed by atoms with Gasteiger partial charge in [0, 0.05) is 57.4 Å². The van der Waals surface area contributed by atoms with Gasteiger partial charge in [-0.3, -0.25) is 9.79 Å². The van der Waals surface area contributed by atoms with E-state index in [1.807, 2.05) is 36.5 Å². The fraction of sp³-hybridized carbons (Fsp3) is 0.385. The summed E-state index contributed by atoms with van der Waals surface area (Å²) in [5.41, 5.74) is 5.01. The van der Waals surface area contributed by atoms with E-state index in [1.165, 1.54) is 0 Å². The molecule has 0 saturated carbocycles. The second kappa shape index (κ2) is 8.83. The lowest BCUT2D eigenvalue weighted by molar-refractivity contribution is 0.103. The molecule has 0 atom stereocenters. The molecule has 0 aliphatic heterocycles. The minimum atomic E-state index is -0.360. The average molecular weight is 496 g/mol. The Balaban J connectivity index is 1.74. The number of carbonyl (C=O) groups is 1. The molecule has 3 aromatic rings. The smallest absolute Gasteiger partial charge is 0.195 e. The van der Waals surface area contributed by atoms with Crippen LogP contribution in [0, 0.1) is 0 Å². The van der Waals surface area contributed by atoms with Crippen molar-refractivity contribution in [3.63, 3.8) is 0 Å². The first-order valence-electron chi connectivity index (χ1n) is 11.1. The Morgan fingerprint density at radius 1 is 1.19 bits per heavy atom. The molecule has 0 radical (unpaired) electrons. The molecule has 0 bridgehead atoms. The molecule has 1 heterocycles. The third-order valence-electron chi connectivity index (χ3n) is 6.52. The molecule has 2 aromatic carbocycles. The van der Waals surface area contributed by atoms with E-state index in [1.54, 1.807) is 7.05 Å². The van der Waals surface area contributed by atoms with Crippen LogP contribution < -0.4 is 4.74 Å². The standard InChI is InChI=1S/C26H30BrN3O2/c1-6-30(7-2)10-11-32-17-8-9-18-20(13-17)26(3,4)25-23(24(18)31)19-14-21(27)16(15-28-5)12-22(19)29-25/h8-9,12-15,29H,6-7,10-11H2,1-5H3. The van der Waals surface area contributed by atoms with E-state index in [0.29, 0.717) is 6.61 Å². The van der Waals surface area contributed by atoms with E-state index < -0.39 is 0 Å². The predicted molar refractivity (Wildman–Crippen MR) is 135 cm³/mol. The third-order valence-corrected chi connectivity index (χ3v) is 7.20. The predicted octanol–water partition coefficient (Wildman–Crippen LogP) is 5.57. The van der Waals surface area contributed by atoms with Crippen LogP contribution in [0.2, 0.25) is 0 Å². The number of aliphatic imine (C=N–C) groups is 1. The van der Waals surface area contributed by atoms with Crippen LogP contribution in [0.3, 0.4) is 0 Å². The zero-order valence-corrected chi connectivity index (χ0v) is 21.0. The number of fused-ring (bicyclic) bond motifs is 4. The molecule has 1 aliphatic carbocycles. The fourth-order valence-electron chi connectivity index (χ4n) is 4.60. The van der Waals surface area contributed by atoms with Crippen LogP contribution >= 0.6 is 15.9 Å². The quantitative estimate of drug-likeness (QED) is 0.435. The number of aromatic amines is 1. The molecular weight excluding hydrogens is 466 g/mol. The highest BCUT2D eigenvalue weighted by atomic mass is 79.9. The minimum absolute atomic E-state index is 0.0547. The van der Waals surface area contributed by atoms with Crippen molar-refractivity contribution in [2.45, 2.75) is 33.1 Å². The van der Waals surface area contributed by atoms with Crippen molar-refractivity contribution in [1.29, 1.82) is 0 Å². The summed E-state index contributed by atoms with van der Waals surface area (Å²) in [4.78, 5) is 23.6. The molecule has 0 spiro atoms. The summed E-state index contributed by atoms with van der Waals surface area (Å²) < 4.78 is 6.98. The topological polar surface area (TPSA) is 57.7 Å². The molecule has 1 aromatic heterocycles. The maximum atomic E-state index is 13.6. The van der Waals surface area contributed by atoms with Crippen LogP contribution in [-0.4, -0.2) is 55.2 Å². The van der Waals surface area contributed by atoms with Gasteiger partial charge in [0.15, 0.2) is 5.78 Å². The first kappa shape index (κ1) is 22.7. The zero-order chi connectivity index (χ0) is 23.0.